The standard InChI is InChI=1S/C18H32O16/c19-1-4-7(22)9(24)12(27)17(31-4)34-15-8(23)5(2-20)32-18(13(15)28)33-14-6(3-21)30-16(29)11(26)10(14)25/h4-29H,1-3H2/t4-,5-,6-,7+,8+,9+,10-,11-,12-,13-,14-,15+,16?,17-,18+/m1/s1. The molecular formula is C18H32O16. The Balaban J connectivity index is 1.78. The van der Waals surface area contributed by atoms with E-state index in [0.717, 1.165) is 0 Å². The van der Waals surface area contributed by atoms with Gasteiger partial charge in [-0.05, 0) is 0 Å². The predicted molar refractivity (Wildman–Crippen MR) is 101 cm³/mol. The first-order chi connectivity index (χ1) is 16.0. The van der Waals surface area contributed by atoms with E-state index in [9.17, 15) is 56.2 Å². The molecule has 11 N–H and O–H groups in total. The van der Waals surface area contributed by atoms with Gasteiger partial charge in [-0.2, -0.15) is 0 Å². The molecule has 3 heterocycles. The number of hydrogen-bond acceptors (Lipinski definition) is 16. The molecule has 0 aromatic carbocycles. The van der Waals surface area contributed by atoms with Crippen LogP contribution in [-0.2, 0) is 23.7 Å². The quantitative estimate of drug-likeness (QED) is 0.154. The summed E-state index contributed by atoms with van der Waals surface area (Å²) in [7, 11) is 0. The Hall–Kier alpha value is -0.640. The van der Waals surface area contributed by atoms with Crippen LogP contribution < -0.4 is 0 Å². The topological polar surface area (TPSA) is 269 Å². The van der Waals surface area contributed by atoms with Gasteiger partial charge >= 0.3 is 0 Å². The van der Waals surface area contributed by atoms with Gasteiger partial charge in [0, 0.05) is 0 Å². The predicted octanol–water partition coefficient (Wildman–Crippen LogP) is -7.57. The van der Waals surface area contributed by atoms with Crippen LogP contribution in [0.1, 0.15) is 0 Å². The Labute approximate surface area is 192 Å². The van der Waals surface area contributed by atoms with E-state index in [2.05, 4.69) is 0 Å². The zero-order valence-corrected chi connectivity index (χ0v) is 17.7. The van der Waals surface area contributed by atoms with Gasteiger partial charge in [0.25, 0.3) is 0 Å². The van der Waals surface area contributed by atoms with Gasteiger partial charge in [-0.25, -0.2) is 0 Å². The number of ether oxygens (including phenoxy) is 5. The third kappa shape index (κ3) is 5.37. The molecule has 0 radical (unpaired) electrons. The molecule has 0 saturated carbocycles. The summed E-state index contributed by atoms with van der Waals surface area (Å²) in [5.74, 6) is 0. The highest BCUT2D eigenvalue weighted by atomic mass is 16.7. The van der Waals surface area contributed by atoms with Gasteiger partial charge in [-0.15, -0.1) is 0 Å². The maximum atomic E-state index is 10.8. The summed E-state index contributed by atoms with van der Waals surface area (Å²) in [6.45, 7) is -2.34. The van der Waals surface area contributed by atoms with Crippen molar-refractivity contribution in [3.63, 3.8) is 0 Å². The van der Waals surface area contributed by atoms with Gasteiger partial charge in [0.1, 0.15) is 73.2 Å². The summed E-state index contributed by atoms with van der Waals surface area (Å²) in [5.41, 5.74) is 0. The van der Waals surface area contributed by atoms with E-state index in [1.54, 1.807) is 0 Å². The van der Waals surface area contributed by atoms with Gasteiger partial charge in [-0.3, -0.25) is 0 Å². The molecule has 16 nitrogen and oxygen atoms in total. The van der Waals surface area contributed by atoms with E-state index in [-0.39, 0.29) is 0 Å². The number of aliphatic hydroxyl groups is 11. The van der Waals surface area contributed by atoms with Crippen LogP contribution in [0.5, 0.6) is 0 Å². The van der Waals surface area contributed by atoms with E-state index in [1.807, 2.05) is 0 Å². The first-order valence-electron chi connectivity index (χ1n) is 10.6. The van der Waals surface area contributed by atoms with Gasteiger partial charge in [0.2, 0.25) is 0 Å². The van der Waals surface area contributed by atoms with Crippen molar-refractivity contribution in [1.29, 1.82) is 0 Å². The molecule has 0 spiro atoms. The van der Waals surface area contributed by atoms with Crippen LogP contribution in [0.15, 0.2) is 0 Å². The van der Waals surface area contributed by atoms with Crippen molar-refractivity contribution in [1.82, 2.24) is 0 Å². The fourth-order valence-corrected chi connectivity index (χ4v) is 4.05. The molecule has 200 valence electrons. The molecule has 0 amide bonds. The van der Waals surface area contributed by atoms with Crippen LogP contribution in [0.4, 0.5) is 0 Å². The highest BCUT2D eigenvalue weighted by Gasteiger charge is 2.53. The van der Waals surface area contributed by atoms with Crippen molar-refractivity contribution in [3.05, 3.63) is 0 Å². The monoisotopic (exact) mass is 504 g/mol. The van der Waals surface area contributed by atoms with E-state index < -0.39 is 112 Å². The molecule has 0 aromatic heterocycles. The molecule has 16 heteroatoms. The lowest BCUT2D eigenvalue weighted by Crippen LogP contribution is -2.66. The zero-order valence-electron chi connectivity index (χ0n) is 17.7. The Morgan fingerprint density at radius 2 is 0.941 bits per heavy atom. The zero-order chi connectivity index (χ0) is 25.3. The Morgan fingerprint density at radius 1 is 0.441 bits per heavy atom. The van der Waals surface area contributed by atoms with Crippen LogP contribution in [0, 0.1) is 0 Å². The molecule has 3 aliphatic heterocycles. The number of aliphatic hydroxyl groups excluding tert-OH is 11. The molecule has 3 saturated heterocycles. The number of rotatable bonds is 7. The van der Waals surface area contributed by atoms with Gasteiger partial charge in [-0.1, -0.05) is 0 Å². The van der Waals surface area contributed by atoms with Crippen LogP contribution in [0.25, 0.3) is 0 Å². The van der Waals surface area contributed by atoms with Crippen molar-refractivity contribution in [3.8, 4) is 0 Å². The Kier molecular flexibility index (Phi) is 9.54. The third-order valence-corrected chi connectivity index (χ3v) is 6.09. The molecule has 3 aliphatic rings. The van der Waals surface area contributed by atoms with E-state index >= 15 is 0 Å². The second-order valence-corrected chi connectivity index (χ2v) is 8.33. The molecule has 3 rings (SSSR count). The van der Waals surface area contributed by atoms with Crippen molar-refractivity contribution in [2.24, 2.45) is 0 Å². The highest BCUT2D eigenvalue weighted by molar-refractivity contribution is 4.96. The number of hydrogen-bond donors (Lipinski definition) is 11. The lowest BCUT2D eigenvalue weighted by atomic mass is 9.96. The maximum absolute atomic E-state index is 10.8. The van der Waals surface area contributed by atoms with Crippen molar-refractivity contribution in [2.45, 2.75) is 92.1 Å². The van der Waals surface area contributed by atoms with Gasteiger partial charge in [0.05, 0.1) is 19.8 Å². The summed E-state index contributed by atoms with van der Waals surface area (Å²) in [5, 5.41) is 109. The van der Waals surface area contributed by atoms with Crippen molar-refractivity contribution >= 4 is 0 Å². The van der Waals surface area contributed by atoms with Crippen LogP contribution in [0.2, 0.25) is 0 Å². The average molecular weight is 504 g/mol. The van der Waals surface area contributed by atoms with Gasteiger partial charge in [0.15, 0.2) is 18.9 Å². The Morgan fingerprint density at radius 3 is 1.50 bits per heavy atom. The molecule has 0 aliphatic carbocycles. The lowest BCUT2D eigenvalue weighted by molar-refractivity contribution is -0.378. The van der Waals surface area contributed by atoms with E-state index in [4.69, 9.17) is 23.7 Å². The fourth-order valence-electron chi connectivity index (χ4n) is 4.05. The summed E-state index contributed by atoms with van der Waals surface area (Å²) in [6.07, 6.45) is -25.4. The largest absolute Gasteiger partial charge is 0.394 e. The maximum Gasteiger partial charge on any atom is 0.187 e. The summed E-state index contributed by atoms with van der Waals surface area (Å²) >= 11 is 0. The molecule has 15 atom stereocenters. The molecule has 34 heavy (non-hydrogen) atoms. The normalized spacial score (nSPS) is 52.5. The first-order valence-corrected chi connectivity index (χ1v) is 10.6. The molecule has 0 bridgehead atoms. The first kappa shape index (κ1) is 27.9. The van der Waals surface area contributed by atoms with Crippen molar-refractivity contribution < 1.29 is 79.9 Å². The summed E-state index contributed by atoms with van der Waals surface area (Å²) in [4.78, 5) is 0. The minimum absolute atomic E-state index is 0.759. The van der Waals surface area contributed by atoms with E-state index in [1.165, 1.54) is 0 Å². The minimum atomic E-state index is -1.90. The second-order valence-electron chi connectivity index (χ2n) is 8.33. The summed E-state index contributed by atoms with van der Waals surface area (Å²) < 4.78 is 26.4. The van der Waals surface area contributed by atoms with Gasteiger partial charge < -0.3 is 79.9 Å². The lowest BCUT2D eigenvalue weighted by Gasteiger charge is -2.47. The molecule has 1 unspecified atom stereocenters. The molecule has 0 aromatic rings. The van der Waals surface area contributed by atoms with Crippen LogP contribution in [-0.4, -0.2) is 168 Å². The summed E-state index contributed by atoms with van der Waals surface area (Å²) in [6, 6.07) is 0. The van der Waals surface area contributed by atoms with Crippen molar-refractivity contribution in [2.75, 3.05) is 19.8 Å². The average Bonchev–Trinajstić information content (AvgIpc) is 2.83. The highest BCUT2D eigenvalue weighted by Crippen LogP contribution is 2.32. The molecular weight excluding hydrogens is 472 g/mol. The second kappa shape index (κ2) is 11.6. The Bertz CT molecular complexity index is 637. The van der Waals surface area contributed by atoms with Crippen LogP contribution >= 0.6 is 0 Å². The third-order valence-electron chi connectivity index (χ3n) is 6.09. The SMILES string of the molecule is OC[C@H]1O[C@H](O[C@H]2[C@@H](O)[C@@H](CO)O[C@@H](O[C@H]3[C@H](O)[C@@H](O)C(O)O[C@@H]3CO)[C@@H]2O)[C@H](O)[C@@H](O)[C@H]1O. The van der Waals surface area contributed by atoms with Crippen LogP contribution in [0.3, 0.4) is 0 Å². The minimum Gasteiger partial charge on any atom is -0.394 e. The fraction of sp³-hybridized carbons (Fsp3) is 1.00. The molecule has 3 fully saturated rings. The smallest absolute Gasteiger partial charge is 0.187 e. The van der Waals surface area contributed by atoms with E-state index in [0.29, 0.717) is 0 Å².